The van der Waals surface area contributed by atoms with Gasteiger partial charge in [-0.25, -0.2) is 0 Å². The van der Waals surface area contributed by atoms with E-state index in [1.165, 1.54) is 5.56 Å². The lowest BCUT2D eigenvalue weighted by atomic mass is 10.0. The van der Waals surface area contributed by atoms with Gasteiger partial charge in [-0.15, -0.1) is 0 Å². The average molecular weight is 369 g/mol. The minimum atomic E-state index is 0.0390. The van der Waals surface area contributed by atoms with Gasteiger partial charge in [0.1, 0.15) is 11.9 Å². The topological polar surface area (TPSA) is 21.3 Å². The molecule has 21 heavy (non-hydrogen) atoms. The van der Waals surface area contributed by atoms with Crippen LogP contribution in [0.2, 0.25) is 5.02 Å². The Morgan fingerprint density at radius 1 is 1.19 bits per heavy atom. The molecule has 0 saturated carbocycles. The molecule has 2 rings (SSSR count). The number of hydrogen-bond acceptors (Lipinski definition) is 2. The second kappa shape index (κ2) is 7.83. The van der Waals surface area contributed by atoms with Gasteiger partial charge in [0.05, 0.1) is 0 Å². The first-order chi connectivity index (χ1) is 10.1. The molecule has 0 bridgehead atoms. The zero-order valence-corrected chi connectivity index (χ0v) is 14.5. The third-order valence-electron chi connectivity index (χ3n) is 3.42. The fraction of sp³-hybridized carbons (Fsp3) is 0.294. The molecule has 0 saturated heterocycles. The van der Waals surface area contributed by atoms with Crippen molar-refractivity contribution in [2.45, 2.75) is 25.5 Å². The normalized spacial score (nSPS) is 13.7. The molecule has 112 valence electrons. The van der Waals surface area contributed by atoms with Gasteiger partial charge in [0.25, 0.3) is 0 Å². The molecule has 0 aliphatic rings. The summed E-state index contributed by atoms with van der Waals surface area (Å²) in [5, 5.41) is 4.02. The first-order valence-electron chi connectivity index (χ1n) is 6.92. The zero-order chi connectivity index (χ0) is 15.2. The Morgan fingerprint density at radius 2 is 1.90 bits per heavy atom. The molecule has 0 spiro atoms. The van der Waals surface area contributed by atoms with Crippen LogP contribution in [0, 0.1) is 0 Å². The molecule has 0 aliphatic heterocycles. The first-order valence-corrected chi connectivity index (χ1v) is 8.09. The number of benzene rings is 2. The van der Waals surface area contributed by atoms with Gasteiger partial charge in [0, 0.05) is 15.5 Å². The molecular weight excluding hydrogens is 350 g/mol. The van der Waals surface area contributed by atoms with Crippen molar-refractivity contribution in [3.63, 3.8) is 0 Å². The molecule has 0 amide bonds. The van der Waals surface area contributed by atoms with Gasteiger partial charge in [0.2, 0.25) is 0 Å². The Bertz CT molecular complexity index is 573. The minimum absolute atomic E-state index is 0.0390. The highest BCUT2D eigenvalue weighted by atomic mass is 79.9. The van der Waals surface area contributed by atoms with E-state index < -0.39 is 0 Å². The summed E-state index contributed by atoms with van der Waals surface area (Å²) in [4.78, 5) is 0. The molecule has 0 radical (unpaired) electrons. The van der Waals surface area contributed by atoms with Crippen molar-refractivity contribution >= 4 is 27.5 Å². The third kappa shape index (κ3) is 5.03. The summed E-state index contributed by atoms with van der Waals surface area (Å²) in [6, 6.07) is 16.1. The van der Waals surface area contributed by atoms with Crippen molar-refractivity contribution < 1.29 is 4.74 Å². The highest BCUT2D eigenvalue weighted by molar-refractivity contribution is 9.10. The lowest BCUT2D eigenvalue weighted by Crippen LogP contribution is -2.41. The molecule has 2 atom stereocenters. The van der Waals surface area contributed by atoms with Crippen molar-refractivity contribution in [1.29, 1.82) is 0 Å². The van der Waals surface area contributed by atoms with Crippen LogP contribution in [0.4, 0.5) is 0 Å². The Kier molecular flexibility index (Phi) is 6.09. The minimum Gasteiger partial charge on any atom is -0.489 e. The van der Waals surface area contributed by atoms with Crippen LogP contribution in [0.3, 0.4) is 0 Å². The summed E-state index contributed by atoms with van der Waals surface area (Å²) in [6.45, 7) is 2.07. The highest BCUT2D eigenvalue weighted by Gasteiger charge is 2.17. The van der Waals surface area contributed by atoms with Crippen molar-refractivity contribution in [2.24, 2.45) is 0 Å². The van der Waals surface area contributed by atoms with E-state index in [9.17, 15) is 0 Å². The predicted octanol–water partition coefficient (Wildman–Crippen LogP) is 4.70. The van der Waals surface area contributed by atoms with Gasteiger partial charge in [-0.3, -0.25) is 0 Å². The molecule has 0 heterocycles. The fourth-order valence-corrected chi connectivity index (χ4v) is 2.66. The van der Waals surface area contributed by atoms with Gasteiger partial charge < -0.3 is 10.1 Å². The van der Waals surface area contributed by atoms with Crippen LogP contribution < -0.4 is 10.1 Å². The van der Waals surface area contributed by atoms with E-state index in [4.69, 9.17) is 16.3 Å². The summed E-state index contributed by atoms with van der Waals surface area (Å²) in [7, 11) is 1.96. The number of rotatable bonds is 6. The van der Waals surface area contributed by atoms with Gasteiger partial charge in [-0.05, 0) is 56.3 Å². The van der Waals surface area contributed by atoms with Crippen molar-refractivity contribution in [1.82, 2.24) is 5.32 Å². The molecule has 1 N–H and O–H groups in total. The predicted molar refractivity (Wildman–Crippen MR) is 92.2 cm³/mol. The maximum Gasteiger partial charge on any atom is 0.121 e. The number of nitrogens with one attached hydrogen (secondary N) is 1. The zero-order valence-electron chi connectivity index (χ0n) is 12.1. The largest absolute Gasteiger partial charge is 0.489 e. The second-order valence-corrected chi connectivity index (χ2v) is 6.36. The maximum absolute atomic E-state index is 5.99. The van der Waals surface area contributed by atoms with Crippen LogP contribution in [0.1, 0.15) is 12.5 Å². The number of hydrogen-bond donors (Lipinski definition) is 1. The summed E-state index contributed by atoms with van der Waals surface area (Å²) < 4.78 is 7.08. The Labute approximate surface area is 139 Å². The van der Waals surface area contributed by atoms with E-state index in [1.54, 1.807) is 0 Å². The van der Waals surface area contributed by atoms with Crippen molar-refractivity contribution in [2.75, 3.05) is 7.05 Å². The monoisotopic (exact) mass is 367 g/mol. The van der Waals surface area contributed by atoms with Crippen LogP contribution >= 0.6 is 27.5 Å². The summed E-state index contributed by atoms with van der Waals surface area (Å²) in [5.41, 5.74) is 1.28. The maximum atomic E-state index is 5.99. The molecule has 2 nitrogen and oxygen atoms in total. The van der Waals surface area contributed by atoms with E-state index in [1.807, 2.05) is 31.3 Å². The lowest BCUT2D eigenvalue weighted by molar-refractivity contribution is 0.174. The van der Waals surface area contributed by atoms with Crippen molar-refractivity contribution in [3.8, 4) is 5.75 Å². The van der Waals surface area contributed by atoms with Crippen LogP contribution in [0.15, 0.2) is 53.0 Å². The van der Waals surface area contributed by atoms with E-state index in [0.717, 1.165) is 16.6 Å². The van der Waals surface area contributed by atoms with Crippen LogP contribution in [-0.2, 0) is 6.42 Å². The molecular formula is C17H19BrClNO. The first kappa shape index (κ1) is 16.3. The van der Waals surface area contributed by atoms with Crippen LogP contribution in [-0.4, -0.2) is 19.2 Å². The molecule has 0 aliphatic carbocycles. The molecule has 2 aromatic carbocycles. The summed E-state index contributed by atoms with van der Waals surface area (Å²) in [6.07, 6.45) is 0.947. The second-order valence-electron chi connectivity index (χ2n) is 5.01. The van der Waals surface area contributed by atoms with Gasteiger partial charge in [-0.2, -0.15) is 0 Å². The lowest BCUT2D eigenvalue weighted by Gasteiger charge is -2.25. The highest BCUT2D eigenvalue weighted by Crippen LogP contribution is 2.20. The van der Waals surface area contributed by atoms with E-state index in [2.05, 4.69) is 52.4 Å². The van der Waals surface area contributed by atoms with Gasteiger partial charge >= 0.3 is 0 Å². The average Bonchev–Trinajstić information content (AvgIpc) is 2.46. The number of likely N-dealkylation sites (N-methyl/N-ethyl adjacent to an activating group) is 1. The SMILES string of the molecule is CNC(Cc1ccc(Br)cc1)C(C)Oc1cccc(Cl)c1. The molecule has 2 unspecified atom stereocenters. The van der Waals surface area contributed by atoms with Crippen LogP contribution in [0.5, 0.6) is 5.75 Å². The van der Waals surface area contributed by atoms with E-state index >= 15 is 0 Å². The quantitative estimate of drug-likeness (QED) is 0.798. The Hall–Kier alpha value is -1.03. The number of ether oxygens (including phenoxy) is 1. The fourth-order valence-electron chi connectivity index (χ4n) is 2.21. The summed E-state index contributed by atoms with van der Waals surface area (Å²) in [5.74, 6) is 0.797. The van der Waals surface area contributed by atoms with E-state index in [0.29, 0.717) is 5.02 Å². The van der Waals surface area contributed by atoms with Crippen molar-refractivity contribution in [3.05, 3.63) is 63.6 Å². The molecule has 0 fully saturated rings. The van der Waals surface area contributed by atoms with Gasteiger partial charge in [0.15, 0.2) is 0 Å². The Balaban J connectivity index is 2.01. The number of halogens is 2. The van der Waals surface area contributed by atoms with Crippen LogP contribution in [0.25, 0.3) is 0 Å². The molecule has 0 aromatic heterocycles. The summed E-state index contributed by atoms with van der Waals surface area (Å²) >= 11 is 9.44. The standard InChI is InChI=1S/C17H19BrClNO/c1-12(21-16-5-3-4-15(19)11-16)17(20-2)10-13-6-8-14(18)9-7-13/h3-9,11-12,17,20H,10H2,1-2H3. The third-order valence-corrected chi connectivity index (χ3v) is 4.19. The molecule has 4 heteroatoms. The van der Waals surface area contributed by atoms with Gasteiger partial charge in [-0.1, -0.05) is 45.7 Å². The smallest absolute Gasteiger partial charge is 0.121 e. The van der Waals surface area contributed by atoms with E-state index in [-0.39, 0.29) is 12.1 Å². The molecule has 2 aromatic rings. The Morgan fingerprint density at radius 3 is 2.52 bits per heavy atom.